The molecule has 0 unspecified atom stereocenters. The van der Waals surface area contributed by atoms with E-state index in [2.05, 4.69) is 4.90 Å². The summed E-state index contributed by atoms with van der Waals surface area (Å²) in [6.45, 7) is 2.59. The maximum Gasteiger partial charge on any atom is 0.416 e. The lowest BCUT2D eigenvalue weighted by atomic mass is 9.90. The first-order valence-corrected chi connectivity index (χ1v) is 10.2. The van der Waals surface area contributed by atoms with Crippen molar-refractivity contribution >= 4 is 24.1 Å². The number of carboxylic acid groups (broad SMARTS) is 1. The Kier molecular flexibility index (Phi) is 8.56. The van der Waals surface area contributed by atoms with Gasteiger partial charge in [0.05, 0.1) is 16.7 Å². The van der Waals surface area contributed by atoms with Gasteiger partial charge in [-0.15, -0.1) is 12.4 Å². The SMILES string of the molecule is CN(CC1(O)CCN(CCc2ccc(C(F)(F)F)cc2)CC1)c1ccc(C(=O)O)cc1.Cl. The van der Waals surface area contributed by atoms with Gasteiger partial charge < -0.3 is 20.0 Å². The molecule has 3 rings (SSSR count). The second-order valence-electron chi connectivity index (χ2n) is 8.22. The van der Waals surface area contributed by atoms with Gasteiger partial charge in [0.1, 0.15) is 0 Å². The molecule has 0 aliphatic carbocycles. The van der Waals surface area contributed by atoms with Crippen molar-refractivity contribution in [2.24, 2.45) is 0 Å². The van der Waals surface area contributed by atoms with Crippen molar-refractivity contribution in [1.82, 2.24) is 4.90 Å². The van der Waals surface area contributed by atoms with E-state index in [-0.39, 0.29) is 18.0 Å². The second kappa shape index (κ2) is 10.6. The van der Waals surface area contributed by atoms with Crippen molar-refractivity contribution in [3.8, 4) is 0 Å². The Morgan fingerprint density at radius 1 is 1.06 bits per heavy atom. The minimum Gasteiger partial charge on any atom is -0.478 e. The van der Waals surface area contributed by atoms with Crippen LogP contribution in [0.3, 0.4) is 0 Å². The Bertz CT molecular complexity index is 881. The number of hydrogen-bond donors (Lipinski definition) is 2. The molecular weight excluding hydrogens is 445 g/mol. The number of nitrogens with zero attached hydrogens (tertiary/aromatic N) is 2. The zero-order chi connectivity index (χ0) is 22.6. The molecule has 176 valence electrons. The standard InChI is InChI=1S/C23H27F3N2O3.ClH/c1-27(20-8-4-18(5-9-20)21(29)30)16-22(31)11-14-28(15-12-22)13-10-17-2-6-19(7-3-17)23(24,25)26;/h2-9,31H,10-16H2,1H3,(H,29,30);1H. The molecule has 9 heteroatoms. The molecule has 5 nitrogen and oxygen atoms in total. The molecule has 2 aromatic rings. The molecule has 1 aliphatic heterocycles. The third-order valence-corrected chi connectivity index (χ3v) is 5.87. The number of rotatable bonds is 7. The Labute approximate surface area is 191 Å². The van der Waals surface area contributed by atoms with Crippen molar-refractivity contribution in [2.75, 3.05) is 38.1 Å². The molecule has 2 aromatic carbocycles. The van der Waals surface area contributed by atoms with Crippen LogP contribution in [0.4, 0.5) is 18.9 Å². The van der Waals surface area contributed by atoms with Crippen molar-refractivity contribution in [1.29, 1.82) is 0 Å². The first-order chi connectivity index (χ1) is 14.6. The molecular formula is C23H28ClF3N2O3. The van der Waals surface area contributed by atoms with Crippen LogP contribution in [-0.2, 0) is 12.6 Å². The van der Waals surface area contributed by atoms with Gasteiger partial charge in [-0.25, -0.2) is 4.79 Å². The highest BCUT2D eigenvalue weighted by Crippen LogP contribution is 2.29. The summed E-state index contributed by atoms with van der Waals surface area (Å²) in [5, 5.41) is 20.0. The highest BCUT2D eigenvalue weighted by Gasteiger charge is 2.33. The molecule has 32 heavy (non-hydrogen) atoms. The average molecular weight is 473 g/mol. The van der Waals surface area contributed by atoms with Gasteiger partial charge in [0.25, 0.3) is 0 Å². The summed E-state index contributed by atoms with van der Waals surface area (Å²) in [6, 6.07) is 11.8. The number of carboxylic acids is 1. The quantitative estimate of drug-likeness (QED) is 0.628. The first kappa shape index (κ1) is 26.0. The van der Waals surface area contributed by atoms with Crippen LogP contribution in [0.1, 0.15) is 34.3 Å². The van der Waals surface area contributed by atoms with E-state index in [0.717, 1.165) is 29.9 Å². The fraction of sp³-hybridized carbons (Fsp3) is 0.435. The summed E-state index contributed by atoms with van der Waals surface area (Å²) in [5.74, 6) is -0.975. The normalized spacial score (nSPS) is 16.3. The number of piperidine rings is 1. The van der Waals surface area contributed by atoms with Crippen molar-refractivity contribution < 1.29 is 28.2 Å². The predicted octanol–water partition coefficient (Wildman–Crippen LogP) is 4.33. The van der Waals surface area contributed by atoms with Crippen molar-refractivity contribution in [3.63, 3.8) is 0 Å². The molecule has 1 aliphatic rings. The smallest absolute Gasteiger partial charge is 0.416 e. The van der Waals surface area contributed by atoms with E-state index in [0.29, 0.717) is 38.9 Å². The maximum absolute atomic E-state index is 12.7. The lowest BCUT2D eigenvalue weighted by Gasteiger charge is -2.40. The molecule has 0 aromatic heterocycles. The minimum absolute atomic E-state index is 0. The van der Waals surface area contributed by atoms with E-state index in [1.54, 1.807) is 24.3 Å². The van der Waals surface area contributed by atoms with Crippen LogP contribution in [0.25, 0.3) is 0 Å². The highest BCUT2D eigenvalue weighted by molar-refractivity contribution is 5.88. The molecule has 2 N–H and O–H groups in total. The number of alkyl halides is 3. The summed E-state index contributed by atoms with van der Waals surface area (Å²) < 4.78 is 38.0. The third-order valence-electron chi connectivity index (χ3n) is 5.87. The fourth-order valence-corrected chi connectivity index (χ4v) is 3.89. The molecule has 0 radical (unpaired) electrons. The van der Waals surface area contributed by atoms with E-state index in [4.69, 9.17) is 5.11 Å². The van der Waals surface area contributed by atoms with Crippen molar-refractivity contribution in [2.45, 2.75) is 31.0 Å². The number of carbonyl (C=O) groups is 1. The van der Waals surface area contributed by atoms with E-state index in [1.807, 2.05) is 11.9 Å². The number of anilines is 1. The van der Waals surface area contributed by atoms with Crippen LogP contribution >= 0.6 is 12.4 Å². The van der Waals surface area contributed by atoms with Gasteiger partial charge in [-0.05, 0) is 61.2 Å². The molecule has 1 fully saturated rings. The topological polar surface area (TPSA) is 64.0 Å². The number of likely N-dealkylation sites (N-methyl/N-ethyl adjacent to an activating group) is 1. The van der Waals surface area contributed by atoms with Gasteiger partial charge in [-0.1, -0.05) is 12.1 Å². The van der Waals surface area contributed by atoms with Crippen LogP contribution in [0.15, 0.2) is 48.5 Å². The molecule has 0 spiro atoms. The zero-order valence-electron chi connectivity index (χ0n) is 17.8. The van der Waals surface area contributed by atoms with E-state index >= 15 is 0 Å². The predicted molar refractivity (Wildman–Crippen MR) is 120 cm³/mol. The van der Waals surface area contributed by atoms with Crippen LogP contribution in [0.5, 0.6) is 0 Å². The first-order valence-electron chi connectivity index (χ1n) is 10.2. The number of benzene rings is 2. The van der Waals surface area contributed by atoms with Gasteiger partial charge in [0.2, 0.25) is 0 Å². The summed E-state index contributed by atoms with van der Waals surface area (Å²) in [7, 11) is 1.87. The lowest BCUT2D eigenvalue weighted by molar-refractivity contribution is -0.137. The van der Waals surface area contributed by atoms with Crippen LogP contribution < -0.4 is 4.90 Å². The van der Waals surface area contributed by atoms with Gasteiger partial charge in [0.15, 0.2) is 0 Å². The van der Waals surface area contributed by atoms with Crippen LogP contribution in [-0.4, -0.2) is 59.9 Å². The monoisotopic (exact) mass is 472 g/mol. The second-order valence-corrected chi connectivity index (χ2v) is 8.22. The van der Waals surface area contributed by atoms with E-state index in [9.17, 15) is 23.1 Å². The Morgan fingerprint density at radius 3 is 2.12 bits per heavy atom. The summed E-state index contributed by atoms with van der Waals surface area (Å²) in [6.07, 6.45) is -2.47. The van der Waals surface area contributed by atoms with Crippen LogP contribution in [0, 0.1) is 0 Å². The average Bonchev–Trinajstić information content (AvgIpc) is 2.73. The number of aliphatic hydroxyl groups is 1. The Morgan fingerprint density at radius 2 is 1.62 bits per heavy atom. The summed E-state index contributed by atoms with van der Waals surface area (Å²) in [5.41, 5.74) is 0.435. The molecule has 0 bridgehead atoms. The maximum atomic E-state index is 12.7. The van der Waals surface area contributed by atoms with Gasteiger partial charge in [-0.3, -0.25) is 0 Å². The Hall–Kier alpha value is -2.29. The molecule has 0 atom stereocenters. The van der Waals surface area contributed by atoms with Crippen LogP contribution in [0.2, 0.25) is 0 Å². The number of halogens is 4. The number of likely N-dealkylation sites (tertiary alicyclic amines) is 1. The molecule has 0 amide bonds. The Balaban J connectivity index is 0.00000363. The highest BCUT2D eigenvalue weighted by atomic mass is 35.5. The van der Waals surface area contributed by atoms with E-state index in [1.165, 1.54) is 12.1 Å². The van der Waals surface area contributed by atoms with Gasteiger partial charge in [0, 0.05) is 38.9 Å². The summed E-state index contributed by atoms with van der Waals surface area (Å²) >= 11 is 0. The van der Waals surface area contributed by atoms with Gasteiger partial charge in [-0.2, -0.15) is 13.2 Å². The largest absolute Gasteiger partial charge is 0.478 e. The number of aromatic carboxylic acids is 1. The number of hydrogen-bond acceptors (Lipinski definition) is 4. The van der Waals surface area contributed by atoms with E-state index < -0.39 is 23.3 Å². The third kappa shape index (κ3) is 6.85. The lowest BCUT2D eigenvalue weighted by Crippen LogP contribution is -2.50. The summed E-state index contributed by atoms with van der Waals surface area (Å²) in [4.78, 5) is 15.1. The zero-order valence-corrected chi connectivity index (χ0v) is 18.6. The van der Waals surface area contributed by atoms with Crippen molar-refractivity contribution in [3.05, 3.63) is 65.2 Å². The molecule has 1 heterocycles. The minimum atomic E-state index is -4.32. The fourth-order valence-electron chi connectivity index (χ4n) is 3.89. The van der Waals surface area contributed by atoms with Gasteiger partial charge >= 0.3 is 12.1 Å². The molecule has 0 saturated carbocycles. The molecule has 1 saturated heterocycles.